The smallest absolute Gasteiger partial charge is 0.189 e. The van der Waals surface area contributed by atoms with E-state index in [1.165, 1.54) is 29.8 Å². The molecule has 0 radical (unpaired) electrons. The van der Waals surface area contributed by atoms with Gasteiger partial charge in [-0.05, 0) is 37.4 Å². The molecule has 1 N–H and O–H groups in total. The number of hydrogen-bond acceptors (Lipinski definition) is 4. The Morgan fingerprint density at radius 2 is 2.32 bits per heavy atom. The first-order valence-electron chi connectivity index (χ1n) is 8.31. The van der Waals surface area contributed by atoms with Crippen molar-refractivity contribution in [2.24, 2.45) is 4.99 Å². The molecule has 1 unspecified atom stereocenters. The number of nitrogens with zero attached hydrogens (tertiary/aromatic N) is 2. The topological polar surface area (TPSA) is 47.8 Å². The SMILES string of the molecule is COCCCn1c(C2CCCNC2)cc2c1CC(OC)=NC2. The standard InChI is InChI=1S/C17H27N3O2/c1-21-8-4-7-20-15(13-5-3-6-18-11-13)9-14-12-19-17(22-2)10-16(14)20/h9,13,18H,3-8,10-12H2,1-2H3. The molecule has 2 aliphatic rings. The van der Waals surface area contributed by atoms with Gasteiger partial charge < -0.3 is 19.4 Å². The van der Waals surface area contributed by atoms with E-state index in [2.05, 4.69) is 20.9 Å². The van der Waals surface area contributed by atoms with Crippen LogP contribution in [0.25, 0.3) is 0 Å². The van der Waals surface area contributed by atoms with Crippen molar-refractivity contribution >= 4 is 5.90 Å². The predicted octanol–water partition coefficient (Wildman–Crippen LogP) is 2.09. The summed E-state index contributed by atoms with van der Waals surface area (Å²) in [4.78, 5) is 4.53. The third kappa shape index (κ3) is 3.20. The van der Waals surface area contributed by atoms with Crippen LogP contribution in [0.1, 0.15) is 42.1 Å². The maximum Gasteiger partial charge on any atom is 0.189 e. The van der Waals surface area contributed by atoms with Crippen LogP contribution < -0.4 is 5.32 Å². The van der Waals surface area contributed by atoms with Crippen molar-refractivity contribution in [1.82, 2.24) is 9.88 Å². The molecule has 0 aromatic carbocycles. The number of rotatable bonds is 5. The van der Waals surface area contributed by atoms with Gasteiger partial charge in [0.05, 0.1) is 20.1 Å². The quantitative estimate of drug-likeness (QED) is 0.848. The van der Waals surface area contributed by atoms with Crippen molar-refractivity contribution in [3.8, 4) is 0 Å². The Bertz CT molecular complexity index is 530. The fraction of sp³-hybridized carbons (Fsp3) is 0.706. The Labute approximate surface area is 132 Å². The maximum absolute atomic E-state index is 5.38. The number of nitrogens with one attached hydrogen (secondary N) is 1. The lowest BCUT2D eigenvalue weighted by atomic mass is 9.96. The van der Waals surface area contributed by atoms with Crippen molar-refractivity contribution in [3.05, 3.63) is 23.0 Å². The van der Waals surface area contributed by atoms with Gasteiger partial charge >= 0.3 is 0 Å². The Kier molecular flexibility index (Phi) is 5.16. The first kappa shape index (κ1) is 15.6. The van der Waals surface area contributed by atoms with E-state index >= 15 is 0 Å². The Morgan fingerprint density at radius 1 is 1.41 bits per heavy atom. The van der Waals surface area contributed by atoms with Gasteiger partial charge in [0.15, 0.2) is 5.90 Å². The predicted molar refractivity (Wildman–Crippen MR) is 87.6 cm³/mol. The molecular formula is C17H27N3O2. The highest BCUT2D eigenvalue weighted by atomic mass is 16.5. The average Bonchev–Trinajstić information content (AvgIpc) is 2.94. The molecular weight excluding hydrogens is 278 g/mol. The van der Waals surface area contributed by atoms with E-state index in [0.717, 1.165) is 51.5 Å². The molecule has 3 rings (SSSR count). The molecule has 1 aromatic rings. The van der Waals surface area contributed by atoms with Crippen molar-refractivity contribution < 1.29 is 9.47 Å². The van der Waals surface area contributed by atoms with Crippen molar-refractivity contribution in [2.75, 3.05) is 33.9 Å². The van der Waals surface area contributed by atoms with Gasteiger partial charge in [-0.25, -0.2) is 0 Å². The zero-order valence-corrected chi connectivity index (χ0v) is 13.7. The normalized spacial score (nSPS) is 21.4. The van der Waals surface area contributed by atoms with Gasteiger partial charge in [0.25, 0.3) is 0 Å². The molecule has 122 valence electrons. The van der Waals surface area contributed by atoms with Crippen LogP contribution in [0, 0.1) is 0 Å². The molecule has 22 heavy (non-hydrogen) atoms. The largest absolute Gasteiger partial charge is 0.484 e. The van der Waals surface area contributed by atoms with Gasteiger partial charge in [0.2, 0.25) is 0 Å². The fourth-order valence-corrected chi connectivity index (χ4v) is 3.60. The van der Waals surface area contributed by atoms with E-state index in [1.807, 2.05) is 0 Å². The van der Waals surface area contributed by atoms with Gasteiger partial charge in [0.1, 0.15) is 0 Å². The molecule has 0 aliphatic carbocycles. The minimum absolute atomic E-state index is 0.618. The van der Waals surface area contributed by atoms with Crippen LogP contribution >= 0.6 is 0 Å². The third-order valence-corrected chi connectivity index (χ3v) is 4.76. The van der Waals surface area contributed by atoms with Crippen molar-refractivity contribution in [3.63, 3.8) is 0 Å². The van der Waals surface area contributed by atoms with Gasteiger partial charge in [0, 0.05) is 44.1 Å². The fourth-order valence-electron chi connectivity index (χ4n) is 3.60. The number of aromatic nitrogens is 1. The second-order valence-electron chi connectivity index (χ2n) is 6.17. The summed E-state index contributed by atoms with van der Waals surface area (Å²) in [6, 6.07) is 2.38. The van der Waals surface area contributed by atoms with Crippen LogP contribution in [-0.2, 0) is 29.0 Å². The van der Waals surface area contributed by atoms with Gasteiger partial charge in [-0.15, -0.1) is 0 Å². The molecule has 0 spiro atoms. The molecule has 0 saturated carbocycles. The van der Waals surface area contributed by atoms with E-state index < -0.39 is 0 Å². The number of piperidine rings is 1. The molecule has 0 amide bonds. The van der Waals surface area contributed by atoms with E-state index in [1.54, 1.807) is 14.2 Å². The summed E-state index contributed by atoms with van der Waals surface area (Å²) < 4.78 is 13.1. The summed E-state index contributed by atoms with van der Waals surface area (Å²) in [5, 5.41) is 3.54. The van der Waals surface area contributed by atoms with E-state index in [-0.39, 0.29) is 0 Å². The first-order chi connectivity index (χ1) is 10.8. The highest BCUT2D eigenvalue weighted by Gasteiger charge is 2.25. The van der Waals surface area contributed by atoms with Crippen LogP contribution in [0.15, 0.2) is 11.1 Å². The second-order valence-corrected chi connectivity index (χ2v) is 6.17. The van der Waals surface area contributed by atoms with E-state index in [0.29, 0.717) is 5.92 Å². The summed E-state index contributed by atoms with van der Waals surface area (Å²) in [6.07, 6.45) is 4.40. The summed E-state index contributed by atoms with van der Waals surface area (Å²) in [6.45, 7) is 4.82. The minimum atomic E-state index is 0.618. The molecule has 1 fully saturated rings. The summed E-state index contributed by atoms with van der Waals surface area (Å²) in [5.41, 5.74) is 4.24. The lowest BCUT2D eigenvalue weighted by Gasteiger charge is -2.25. The Hall–Kier alpha value is -1.33. The molecule has 1 saturated heterocycles. The van der Waals surface area contributed by atoms with Gasteiger partial charge in [-0.1, -0.05) is 0 Å². The lowest BCUT2D eigenvalue weighted by molar-refractivity contribution is 0.189. The molecule has 1 aromatic heterocycles. The molecule has 0 bridgehead atoms. The maximum atomic E-state index is 5.38. The Balaban J connectivity index is 1.86. The molecule has 5 nitrogen and oxygen atoms in total. The lowest BCUT2D eigenvalue weighted by Crippen LogP contribution is -2.30. The zero-order chi connectivity index (χ0) is 15.4. The van der Waals surface area contributed by atoms with Crippen LogP contribution in [0.2, 0.25) is 0 Å². The third-order valence-electron chi connectivity index (χ3n) is 4.76. The summed E-state index contributed by atoms with van der Waals surface area (Å²) >= 11 is 0. The number of ether oxygens (including phenoxy) is 2. The van der Waals surface area contributed by atoms with Crippen LogP contribution in [-0.4, -0.2) is 44.4 Å². The summed E-state index contributed by atoms with van der Waals surface area (Å²) in [7, 11) is 3.49. The van der Waals surface area contributed by atoms with Crippen LogP contribution in [0.5, 0.6) is 0 Å². The highest BCUT2D eigenvalue weighted by Crippen LogP contribution is 2.30. The van der Waals surface area contributed by atoms with Gasteiger partial charge in [-0.3, -0.25) is 4.99 Å². The molecule has 2 aliphatic heterocycles. The summed E-state index contributed by atoms with van der Waals surface area (Å²) in [5.74, 6) is 1.47. The molecule has 5 heteroatoms. The number of aliphatic imine (C=N–C) groups is 1. The zero-order valence-electron chi connectivity index (χ0n) is 13.7. The highest BCUT2D eigenvalue weighted by molar-refractivity contribution is 5.80. The van der Waals surface area contributed by atoms with E-state index in [4.69, 9.17) is 9.47 Å². The van der Waals surface area contributed by atoms with E-state index in [9.17, 15) is 0 Å². The minimum Gasteiger partial charge on any atom is -0.484 e. The number of hydrogen-bond donors (Lipinski definition) is 1. The van der Waals surface area contributed by atoms with Crippen molar-refractivity contribution in [2.45, 2.75) is 44.7 Å². The molecule has 1 atom stereocenters. The first-order valence-corrected chi connectivity index (χ1v) is 8.31. The van der Waals surface area contributed by atoms with Crippen LogP contribution in [0.4, 0.5) is 0 Å². The monoisotopic (exact) mass is 305 g/mol. The van der Waals surface area contributed by atoms with Gasteiger partial charge in [-0.2, -0.15) is 0 Å². The number of methoxy groups -OCH3 is 2. The Morgan fingerprint density at radius 3 is 3.05 bits per heavy atom. The average molecular weight is 305 g/mol. The molecule has 3 heterocycles. The second kappa shape index (κ2) is 7.29. The van der Waals surface area contributed by atoms with Crippen molar-refractivity contribution in [1.29, 1.82) is 0 Å². The van der Waals surface area contributed by atoms with Crippen LogP contribution in [0.3, 0.4) is 0 Å². The number of fused-ring (bicyclic) bond motifs is 1.